The van der Waals surface area contributed by atoms with E-state index in [1.807, 2.05) is 60.7 Å². The van der Waals surface area contributed by atoms with Crippen LogP contribution in [0.5, 0.6) is 5.75 Å². The summed E-state index contributed by atoms with van der Waals surface area (Å²) in [5.74, 6) is 0.627. The van der Waals surface area contributed by atoms with Crippen molar-refractivity contribution in [2.24, 2.45) is 0 Å². The predicted octanol–water partition coefficient (Wildman–Crippen LogP) is 4.34. The van der Waals surface area contributed by atoms with Crippen LogP contribution in [0.15, 0.2) is 60.7 Å². The van der Waals surface area contributed by atoms with Crippen molar-refractivity contribution in [2.45, 2.75) is 38.3 Å². The fraction of sp³-hybridized carbons (Fsp3) is 0.273. The van der Waals surface area contributed by atoms with Gasteiger partial charge in [-0.15, -0.1) is 0 Å². The number of nitrogens with one attached hydrogen (secondary N) is 1. The molecule has 0 bridgehead atoms. The first-order chi connectivity index (χ1) is 12.7. The molecule has 1 N–H and O–H groups in total. The van der Waals surface area contributed by atoms with Gasteiger partial charge in [-0.25, -0.2) is 4.98 Å². The van der Waals surface area contributed by atoms with Gasteiger partial charge in [0.15, 0.2) is 6.10 Å². The van der Waals surface area contributed by atoms with E-state index < -0.39 is 6.10 Å². The fourth-order valence-corrected chi connectivity index (χ4v) is 3.11. The Balaban J connectivity index is 1.65. The standard InChI is InChI=1S/C22H22N2O2/c1-15(22(25)23-17-10-7-11-17)26-21-14-20(16-8-3-2-4-9-16)24-19-13-6-5-12-18(19)21/h2-6,8-9,12-15,17H,7,10-11H2,1H3,(H,23,25). The zero-order valence-electron chi connectivity index (χ0n) is 14.8. The van der Waals surface area contributed by atoms with Gasteiger partial charge in [0.1, 0.15) is 5.75 Å². The van der Waals surface area contributed by atoms with Gasteiger partial charge in [0.2, 0.25) is 0 Å². The summed E-state index contributed by atoms with van der Waals surface area (Å²) in [6.07, 6.45) is 2.77. The third kappa shape index (κ3) is 3.40. The molecule has 2 aromatic carbocycles. The molecule has 1 saturated carbocycles. The minimum absolute atomic E-state index is 0.0585. The van der Waals surface area contributed by atoms with Gasteiger partial charge < -0.3 is 10.1 Å². The predicted molar refractivity (Wildman–Crippen MR) is 103 cm³/mol. The summed E-state index contributed by atoms with van der Waals surface area (Å²) in [6, 6.07) is 20.1. The van der Waals surface area contributed by atoms with Crippen LogP contribution in [0.3, 0.4) is 0 Å². The summed E-state index contributed by atoms with van der Waals surface area (Å²) in [6.45, 7) is 1.80. The molecule has 1 aliphatic rings. The second kappa shape index (κ2) is 7.16. The molecule has 4 nitrogen and oxygen atoms in total. The topological polar surface area (TPSA) is 51.2 Å². The maximum atomic E-state index is 12.4. The minimum Gasteiger partial charge on any atom is -0.480 e. The highest BCUT2D eigenvalue weighted by molar-refractivity contribution is 5.89. The molecule has 0 spiro atoms. The molecule has 0 radical (unpaired) electrons. The molecule has 1 unspecified atom stereocenters. The number of carbonyl (C=O) groups excluding carboxylic acids is 1. The van der Waals surface area contributed by atoms with Gasteiger partial charge in [0, 0.05) is 23.1 Å². The van der Waals surface area contributed by atoms with Gasteiger partial charge in [0.05, 0.1) is 11.2 Å². The number of ether oxygens (including phenoxy) is 1. The first-order valence-electron chi connectivity index (χ1n) is 9.13. The highest BCUT2D eigenvalue weighted by Crippen LogP contribution is 2.30. The van der Waals surface area contributed by atoms with Crippen LogP contribution in [0.25, 0.3) is 22.2 Å². The number of benzene rings is 2. The van der Waals surface area contributed by atoms with E-state index in [0.717, 1.165) is 35.0 Å². The van der Waals surface area contributed by atoms with Crippen molar-refractivity contribution in [1.29, 1.82) is 0 Å². The maximum Gasteiger partial charge on any atom is 0.260 e. The molecule has 26 heavy (non-hydrogen) atoms. The van der Waals surface area contributed by atoms with E-state index in [0.29, 0.717) is 11.8 Å². The fourth-order valence-electron chi connectivity index (χ4n) is 3.11. The highest BCUT2D eigenvalue weighted by atomic mass is 16.5. The van der Waals surface area contributed by atoms with Crippen LogP contribution in [0.2, 0.25) is 0 Å². The van der Waals surface area contributed by atoms with Crippen molar-refractivity contribution in [3.8, 4) is 17.0 Å². The maximum absolute atomic E-state index is 12.4. The highest BCUT2D eigenvalue weighted by Gasteiger charge is 2.24. The first kappa shape index (κ1) is 16.6. The lowest BCUT2D eigenvalue weighted by Crippen LogP contribution is -2.45. The average molecular weight is 346 g/mol. The average Bonchev–Trinajstić information content (AvgIpc) is 2.65. The molecule has 132 valence electrons. The van der Waals surface area contributed by atoms with Crippen molar-refractivity contribution in [3.63, 3.8) is 0 Å². The van der Waals surface area contributed by atoms with Crippen LogP contribution < -0.4 is 10.1 Å². The molecule has 0 saturated heterocycles. The van der Waals surface area contributed by atoms with E-state index in [-0.39, 0.29) is 5.91 Å². The molecule has 3 aromatic rings. The third-order valence-electron chi connectivity index (χ3n) is 4.87. The van der Waals surface area contributed by atoms with Gasteiger partial charge in [-0.1, -0.05) is 42.5 Å². The zero-order valence-corrected chi connectivity index (χ0v) is 14.8. The smallest absolute Gasteiger partial charge is 0.260 e. The van der Waals surface area contributed by atoms with Gasteiger partial charge in [-0.2, -0.15) is 0 Å². The molecule has 1 aliphatic carbocycles. The van der Waals surface area contributed by atoms with E-state index in [1.54, 1.807) is 6.92 Å². The second-order valence-electron chi connectivity index (χ2n) is 6.79. The van der Waals surface area contributed by atoms with Crippen molar-refractivity contribution < 1.29 is 9.53 Å². The number of nitrogens with zero attached hydrogens (tertiary/aromatic N) is 1. The first-order valence-corrected chi connectivity index (χ1v) is 9.13. The number of fused-ring (bicyclic) bond motifs is 1. The monoisotopic (exact) mass is 346 g/mol. The number of hydrogen-bond acceptors (Lipinski definition) is 3. The number of pyridine rings is 1. The van der Waals surface area contributed by atoms with E-state index in [2.05, 4.69) is 5.32 Å². The zero-order chi connectivity index (χ0) is 17.9. The lowest BCUT2D eigenvalue weighted by Gasteiger charge is -2.28. The van der Waals surface area contributed by atoms with Crippen molar-refractivity contribution in [3.05, 3.63) is 60.7 Å². The lowest BCUT2D eigenvalue weighted by molar-refractivity contribution is -0.128. The van der Waals surface area contributed by atoms with Crippen molar-refractivity contribution in [2.75, 3.05) is 0 Å². The van der Waals surface area contributed by atoms with Crippen LogP contribution >= 0.6 is 0 Å². The molecule has 1 amide bonds. The Labute approximate surface area is 153 Å². The molecule has 4 rings (SSSR count). The summed E-state index contributed by atoms with van der Waals surface area (Å²) in [5, 5.41) is 3.96. The van der Waals surface area contributed by atoms with Gasteiger partial charge in [-0.3, -0.25) is 4.79 Å². The Morgan fingerprint density at radius 1 is 1.12 bits per heavy atom. The molecule has 1 fully saturated rings. The van der Waals surface area contributed by atoms with Gasteiger partial charge in [0.25, 0.3) is 5.91 Å². The molecule has 1 aromatic heterocycles. The van der Waals surface area contributed by atoms with Gasteiger partial charge >= 0.3 is 0 Å². The molecule has 0 aliphatic heterocycles. The summed E-state index contributed by atoms with van der Waals surface area (Å²) in [4.78, 5) is 17.1. The molecule has 1 atom stereocenters. The molecule has 4 heteroatoms. The number of rotatable bonds is 5. The SMILES string of the molecule is CC(Oc1cc(-c2ccccc2)nc2ccccc12)C(=O)NC1CCC1. The quantitative estimate of drug-likeness (QED) is 0.748. The summed E-state index contributed by atoms with van der Waals surface area (Å²) < 4.78 is 6.07. The normalized spacial score (nSPS) is 15.3. The molecule has 1 heterocycles. The van der Waals surface area contributed by atoms with Gasteiger partial charge in [-0.05, 0) is 38.3 Å². The number of amides is 1. The minimum atomic E-state index is -0.551. The summed E-state index contributed by atoms with van der Waals surface area (Å²) >= 11 is 0. The van der Waals surface area contributed by atoms with Crippen LogP contribution in [0.1, 0.15) is 26.2 Å². The Morgan fingerprint density at radius 3 is 2.58 bits per heavy atom. The van der Waals surface area contributed by atoms with E-state index in [4.69, 9.17) is 9.72 Å². The second-order valence-corrected chi connectivity index (χ2v) is 6.79. The summed E-state index contributed by atoms with van der Waals surface area (Å²) in [7, 11) is 0. The van der Waals surface area contributed by atoms with E-state index in [1.165, 1.54) is 6.42 Å². The number of aromatic nitrogens is 1. The van der Waals surface area contributed by atoms with Crippen molar-refractivity contribution >= 4 is 16.8 Å². The largest absolute Gasteiger partial charge is 0.480 e. The number of para-hydroxylation sites is 1. The summed E-state index contributed by atoms with van der Waals surface area (Å²) in [5.41, 5.74) is 2.72. The Morgan fingerprint density at radius 2 is 1.85 bits per heavy atom. The van der Waals surface area contributed by atoms with Crippen LogP contribution in [0.4, 0.5) is 0 Å². The molecular formula is C22H22N2O2. The third-order valence-corrected chi connectivity index (χ3v) is 4.87. The van der Waals surface area contributed by atoms with E-state index in [9.17, 15) is 4.79 Å². The number of carbonyl (C=O) groups is 1. The van der Waals surface area contributed by atoms with Crippen molar-refractivity contribution in [1.82, 2.24) is 10.3 Å². The Hall–Kier alpha value is -2.88. The Kier molecular flexibility index (Phi) is 4.57. The Bertz CT molecular complexity index is 920. The van der Waals surface area contributed by atoms with Crippen LogP contribution in [0, 0.1) is 0 Å². The number of hydrogen-bond donors (Lipinski definition) is 1. The van der Waals surface area contributed by atoms with E-state index >= 15 is 0 Å². The van der Waals surface area contributed by atoms with Crippen LogP contribution in [-0.2, 0) is 4.79 Å². The van der Waals surface area contributed by atoms with Crippen LogP contribution in [-0.4, -0.2) is 23.0 Å². The molecular weight excluding hydrogens is 324 g/mol. The lowest BCUT2D eigenvalue weighted by atomic mass is 9.93.